The molecule has 0 spiro atoms. The van der Waals surface area contributed by atoms with Gasteiger partial charge in [0.15, 0.2) is 11.9 Å². The molecule has 3 heterocycles. The number of amides is 1. The summed E-state index contributed by atoms with van der Waals surface area (Å²) in [7, 11) is 0. The molecular formula is C23H27N3O4. The van der Waals surface area contributed by atoms with Crippen LogP contribution in [-0.4, -0.2) is 46.2 Å². The van der Waals surface area contributed by atoms with E-state index < -0.39 is 11.5 Å². The Morgan fingerprint density at radius 2 is 2.00 bits per heavy atom. The van der Waals surface area contributed by atoms with Crippen LogP contribution in [-0.2, 0) is 11.3 Å². The number of pyridine rings is 1. The minimum absolute atomic E-state index is 0.0498. The van der Waals surface area contributed by atoms with Crippen LogP contribution < -0.4 is 15.2 Å². The number of likely N-dealkylation sites (tertiary alicyclic amines) is 1. The quantitative estimate of drug-likeness (QED) is 0.784. The zero-order valence-corrected chi connectivity index (χ0v) is 16.9. The number of carbonyl (C=O) groups excluding carboxylic acids is 1. The number of hydrogen-bond donors (Lipinski definition) is 2. The lowest BCUT2D eigenvalue weighted by molar-refractivity contribution is -0.129. The van der Waals surface area contributed by atoms with Crippen LogP contribution in [0.5, 0.6) is 11.6 Å². The lowest BCUT2D eigenvalue weighted by atomic mass is 9.90. The Hall–Kier alpha value is -2.64. The van der Waals surface area contributed by atoms with Crippen molar-refractivity contribution in [1.29, 1.82) is 0 Å². The fourth-order valence-electron chi connectivity index (χ4n) is 4.80. The SMILES string of the molecule is NC(=O)C1(O)CC1C1CCN(Cc2ccc([C@H]3COc4cccnc4O3)cc2)CC1. The number of aliphatic hydroxyl groups is 1. The summed E-state index contributed by atoms with van der Waals surface area (Å²) >= 11 is 0. The van der Waals surface area contributed by atoms with Crippen LogP contribution >= 0.6 is 0 Å². The largest absolute Gasteiger partial charge is 0.484 e. The molecule has 1 aromatic carbocycles. The Morgan fingerprint density at radius 1 is 1.23 bits per heavy atom. The van der Waals surface area contributed by atoms with E-state index in [0.717, 1.165) is 38.0 Å². The van der Waals surface area contributed by atoms with Crippen molar-refractivity contribution in [2.45, 2.75) is 37.5 Å². The maximum Gasteiger partial charge on any atom is 0.257 e. The summed E-state index contributed by atoms with van der Waals surface area (Å²) in [6.07, 6.45) is 4.08. The highest BCUT2D eigenvalue weighted by molar-refractivity contribution is 5.87. The number of primary amides is 1. The Balaban J connectivity index is 1.14. The van der Waals surface area contributed by atoms with E-state index in [1.165, 1.54) is 5.56 Å². The van der Waals surface area contributed by atoms with Crippen molar-refractivity contribution in [2.75, 3.05) is 19.7 Å². The van der Waals surface area contributed by atoms with Crippen LogP contribution in [0.1, 0.15) is 36.5 Å². The van der Waals surface area contributed by atoms with Gasteiger partial charge in [-0.15, -0.1) is 0 Å². The Morgan fingerprint density at radius 3 is 2.70 bits per heavy atom. The third-order valence-corrected chi connectivity index (χ3v) is 6.75. The van der Waals surface area contributed by atoms with Gasteiger partial charge < -0.3 is 20.3 Å². The van der Waals surface area contributed by atoms with Crippen molar-refractivity contribution in [2.24, 2.45) is 17.6 Å². The van der Waals surface area contributed by atoms with Crippen molar-refractivity contribution < 1.29 is 19.4 Å². The van der Waals surface area contributed by atoms with Crippen molar-refractivity contribution in [3.05, 3.63) is 53.7 Å². The summed E-state index contributed by atoms with van der Waals surface area (Å²) in [6, 6.07) is 12.2. The second-order valence-electron chi connectivity index (χ2n) is 8.68. The second-order valence-corrected chi connectivity index (χ2v) is 8.68. The van der Waals surface area contributed by atoms with Gasteiger partial charge in [0.2, 0.25) is 5.91 Å². The molecule has 2 aliphatic heterocycles. The third kappa shape index (κ3) is 3.63. The highest BCUT2D eigenvalue weighted by Crippen LogP contribution is 2.51. The van der Waals surface area contributed by atoms with E-state index >= 15 is 0 Å². The number of piperidine rings is 1. The molecule has 1 saturated heterocycles. The molecule has 2 aromatic rings. The van der Waals surface area contributed by atoms with Gasteiger partial charge in [0.1, 0.15) is 12.2 Å². The van der Waals surface area contributed by atoms with Gasteiger partial charge in [0, 0.05) is 18.7 Å². The number of nitrogens with two attached hydrogens (primary N) is 1. The molecule has 3 atom stereocenters. The van der Waals surface area contributed by atoms with Gasteiger partial charge in [-0.3, -0.25) is 9.69 Å². The molecule has 2 unspecified atom stereocenters. The predicted molar refractivity (Wildman–Crippen MR) is 110 cm³/mol. The van der Waals surface area contributed by atoms with Crippen LogP contribution in [0.4, 0.5) is 0 Å². The fraction of sp³-hybridized carbons (Fsp3) is 0.478. The standard InChI is InChI=1S/C23H27N3O4/c24-22(27)23(28)12-18(23)16-7-10-26(11-8-16)13-15-3-5-17(6-4-15)20-14-29-19-2-1-9-25-21(19)30-20/h1-6,9,16,18,20,28H,7-8,10-14H2,(H2,24,27)/t18?,20-,23?/m1/s1. The Bertz CT molecular complexity index is 926. The molecule has 30 heavy (non-hydrogen) atoms. The molecule has 1 aliphatic carbocycles. The van der Waals surface area contributed by atoms with Gasteiger partial charge >= 0.3 is 0 Å². The van der Waals surface area contributed by atoms with Crippen molar-refractivity contribution in [1.82, 2.24) is 9.88 Å². The molecule has 7 nitrogen and oxygen atoms in total. The van der Waals surface area contributed by atoms with Crippen molar-refractivity contribution in [3.63, 3.8) is 0 Å². The van der Waals surface area contributed by atoms with Gasteiger partial charge in [-0.1, -0.05) is 24.3 Å². The van der Waals surface area contributed by atoms with Crippen LogP contribution in [0.3, 0.4) is 0 Å². The zero-order valence-electron chi connectivity index (χ0n) is 16.9. The second kappa shape index (κ2) is 7.56. The molecule has 5 rings (SSSR count). The van der Waals surface area contributed by atoms with Crippen LogP contribution in [0, 0.1) is 11.8 Å². The monoisotopic (exact) mass is 409 g/mol. The summed E-state index contributed by atoms with van der Waals surface area (Å²) in [5.41, 5.74) is 6.42. The number of carbonyl (C=O) groups is 1. The summed E-state index contributed by atoms with van der Waals surface area (Å²) in [5, 5.41) is 10.2. The maximum absolute atomic E-state index is 11.4. The number of fused-ring (bicyclic) bond motifs is 1. The van der Waals surface area contributed by atoms with E-state index in [1.807, 2.05) is 12.1 Å². The van der Waals surface area contributed by atoms with E-state index in [-0.39, 0.29) is 12.0 Å². The van der Waals surface area contributed by atoms with Crippen molar-refractivity contribution in [3.8, 4) is 11.6 Å². The lowest BCUT2D eigenvalue weighted by Gasteiger charge is -2.32. The van der Waals surface area contributed by atoms with Gasteiger partial charge in [-0.2, -0.15) is 0 Å². The average Bonchev–Trinajstić information content (AvgIpc) is 3.48. The van der Waals surface area contributed by atoms with E-state index in [9.17, 15) is 9.90 Å². The van der Waals surface area contributed by atoms with E-state index in [2.05, 4.69) is 34.1 Å². The number of nitrogens with zero attached hydrogens (tertiary/aromatic N) is 2. The molecule has 3 N–H and O–H groups in total. The molecule has 1 saturated carbocycles. The number of benzene rings is 1. The molecule has 158 valence electrons. The van der Waals surface area contributed by atoms with Crippen molar-refractivity contribution >= 4 is 5.91 Å². The number of rotatable bonds is 5. The van der Waals surface area contributed by atoms with Gasteiger partial charge in [0.25, 0.3) is 5.88 Å². The normalized spacial score (nSPS) is 28.8. The van der Waals surface area contributed by atoms with Gasteiger partial charge in [-0.25, -0.2) is 4.98 Å². The first-order valence-electron chi connectivity index (χ1n) is 10.6. The van der Waals surface area contributed by atoms with E-state index in [0.29, 0.717) is 30.6 Å². The van der Waals surface area contributed by atoms with E-state index in [1.54, 1.807) is 6.20 Å². The molecule has 7 heteroatoms. The number of aromatic nitrogens is 1. The lowest BCUT2D eigenvalue weighted by Crippen LogP contribution is -2.38. The molecule has 0 bridgehead atoms. The summed E-state index contributed by atoms with van der Waals surface area (Å²) in [5.74, 6) is 1.10. The zero-order chi connectivity index (χ0) is 20.7. The van der Waals surface area contributed by atoms with Gasteiger partial charge in [0.05, 0.1) is 0 Å². The van der Waals surface area contributed by atoms with Crippen LogP contribution in [0.15, 0.2) is 42.6 Å². The average molecular weight is 409 g/mol. The summed E-state index contributed by atoms with van der Waals surface area (Å²) < 4.78 is 11.7. The first-order valence-corrected chi connectivity index (χ1v) is 10.6. The molecule has 0 radical (unpaired) electrons. The molecule has 1 aromatic heterocycles. The Kier molecular flexibility index (Phi) is 4.87. The first-order chi connectivity index (χ1) is 14.5. The third-order valence-electron chi connectivity index (χ3n) is 6.75. The molecule has 1 amide bonds. The highest BCUT2D eigenvalue weighted by atomic mass is 16.6. The number of hydrogen-bond acceptors (Lipinski definition) is 6. The van der Waals surface area contributed by atoms with Gasteiger partial charge in [-0.05, 0) is 61.5 Å². The van der Waals surface area contributed by atoms with Crippen LogP contribution in [0.25, 0.3) is 0 Å². The minimum atomic E-state index is -1.25. The summed E-state index contributed by atoms with van der Waals surface area (Å²) in [6.45, 7) is 3.31. The molecular weight excluding hydrogens is 382 g/mol. The topological polar surface area (TPSA) is 97.9 Å². The highest BCUT2D eigenvalue weighted by Gasteiger charge is 2.60. The first kappa shape index (κ1) is 19.3. The minimum Gasteiger partial charge on any atom is -0.484 e. The molecule has 3 aliphatic rings. The molecule has 2 fully saturated rings. The van der Waals surface area contributed by atoms with E-state index in [4.69, 9.17) is 15.2 Å². The smallest absolute Gasteiger partial charge is 0.257 e. The summed E-state index contributed by atoms with van der Waals surface area (Å²) in [4.78, 5) is 18.1. The predicted octanol–water partition coefficient (Wildman–Crippen LogP) is 2.04. The number of ether oxygens (including phenoxy) is 2. The maximum atomic E-state index is 11.4. The van der Waals surface area contributed by atoms with Crippen LogP contribution in [0.2, 0.25) is 0 Å². The fourth-order valence-corrected chi connectivity index (χ4v) is 4.80. The Labute approximate surface area is 175 Å².